The minimum atomic E-state index is -0.446. The van der Waals surface area contributed by atoms with Crippen molar-refractivity contribution in [2.45, 2.75) is 44.9 Å². The van der Waals surface area contributed by atoms with Crippen LogP contribution in [0.25, 0.3) is 10.9 Å². The third-order valence-electron chi connectivity index (χ3n) is 7.67. The summed E-state index contributed by atoms with van der Waals surface area (Å²) in [6.07, 6.45) is 8.30. The number of amides is 1. The molecule has 2 saturated heterocycles. The second-order valence-corrected chi connectivity index (χ2v) is 10.0. The fourth-order valence-electron chi connectivity index (χ4n) is 5.69. The predicted molar refractivity (Wildman–Crippen MR) is 132 cm³/mol. The molecule has 1 amide bonds. The smallest absolute Gasteiger partial charge is 0.229 e. The number of carbonyl (C=O) groups excluding carboxylic acids is 1. The van der Waals surface area contributed by atoms with E-state index >= 15 is 0 Å². The number of carbonyl (C=O) groups is 1. The summed E-state index contributed by atoms with van der Waals surface area (Å²) in [6.45, 7) is 2.84. The van der Waals surface area contributed by atoms with E-state index in [-0.39, 0.29) is 11.7 Å². The number of fused-ring (bicyclic) bond motifs is 1. The van der Waals surface area contributed by atoms with Crippen LogP contribution in [0.3, 0.4) is 0 Å². The minimum absolute atomic E-state index is 0.240. The molecule has 3 heterocycles. The van der Waals surface area contributed by atoms with E-state index in [0.29, 0.717) is 25.6 Å². The van der Waals surface area contributed by atoms with Crippen molar-refractivity contribution < 1.29 is 13.9 Å². The Kier molecular flexibility index (Phi) is 6.91. The Morgan fingerprint density at radius 1 is 1.03 bits per heavy atom. The maximum absolute atomic E-state index is 13.9. The second-order valence-electron chi connectivity index (χ2n) is 10.0. The number of rotatable bonds is 5. The topological polar surface area (TPSA) is 42.4 Å². The average molecular weight is 461 g/mol. The first-order valence-corrected chi connectivity index (χ1v) is 12.6. The molecule has 0 radical (unpaired) electrons. The van der Waals surface area contributed by atoms with Crippen molar-refractivity contribution in [1.29, 1.82) is 0 Å². The van der Waals surface area contributed by atoms with Gasteiger partial charge in [-0.2, -0.15) is 0 Å². The molecule has 4 nitrogen and oxygen atoms in total. The van der Waals surface area contributed by atoms with Gasteiger partial charge in [0.15, 0.2) is 0 Å². The molecule has 0 bridgehead atoms. The van der Waals surface area contributed by atoms with Gasteiger partial charge in [-0.05, 0) is 86.3 Å². The molecule has 178 valence electrons. The number of para-hydroxylation sites is 1. The van der Waals surface area contributed by atoms with Gasteiger partial charge in [0.25, 0.3) is 0 Å². The highest BCUT2D eigenvalue weighted by Crippen LogP contribution is 2.37. The number of nitrogens with zero attached hydrogens (tertiary/aromatic N) is 2. The summed E-state index contributed by atoms with van der Waals surface area (Å²) in [5.41, 5.74) is 2.89. The fraction of sp³-hybridized carbons (Fsp3) is 0.448. The molecular formula is C29H33FN2O2. The molecule has 0 N–H and O–H groups in total. The van der Waals surface area contributed by atoms with E-state index in [9.17, 15) is 9.18 Å². The number of benzene rings is 2. The van der Waals surface area contributed by atoms with Crippen LogP contribution in [0.5, 0.6) is 0 Å². The molecule has 3 aromatic rings. The van der Waals surface area contributed by atoms with Gasteiger partial charge in [-0.3, -0.25) is 9.78 Å². The van der Waals surface area contributed by atoms with Gasteiger partial charge in [0.1, 0.15) is 5.82 Å². The number of hydrogen-bond acceptors (Lipinski definition) is 3. The van der Waals surface area contributed by atoms with Gasteiger partial charge in [0, 0.05) is 37.9 Å². The van der Waals surface area contributed by atoms with Gasteiger partial charge in [0.05, 0.1) is 10.9 Å². The van der Waals surface area contributed by atoms with Gasteiger partial charge in [0.2, 0.25) is 5.91 Å². The number of hydrogen-bond donors (Lipinski definition) is 0. The van der Waals surface area contributed by atoms with Gasteiger partial charge < -0.3 is 9.64 Å². The lowest BCUT2D eigenvalue weighted by Crippen LogP contribution is -2.48. The first-order valence-electron chi connectivity index (χ1n) is 12.6. The zero-order chi connectivity index (χ0) is 23.4. The normalized spacial score (nSPS) is 20.7. The van der Waals surface area contributed by atoms with Gasteiger partial charge in [-0.15, -0.1) is 0 Å². The highest BCUT2D eigenvalue weighted by Gasteiger charge is 2.42. The van der Waals surface area contributed by atoms with Crippen LogP contribution >= 0.6 is 0 Å². The summed E-state index contributed by atoms with van der Waals surface area (Å²) in [7, 11) is 0. The molecule has 2 aromatic carbocycles. The summed E-state index contributed by atoms with van der Waals surface area (Å²) in [6, 6.07) is 17.1. The Morgan fingerprint density at radius 2 is 1.82 bits per heavy atom. The summed E-state index contributed by atoms with van der Waals surface area (Å²) in [5, 5.41) is 1.19. The zero-order valence-corrected chi connectivity index (χ0v) is 19.7. The molecule has 34 heavy (non-hydrogen) atoms. The maximum atomic E-state index is 13.9. The molecule has 2 aliphatic heterocycles. The van der Waals surface area contributed by atoms with Gasteiger partial charge in [-0.25, -0.2) is 4.39 Å². The fourth-order valence-corrected chi connectivity index (χ4v) is 5.69. The zero-order valence-electron chi connectivity index (χ0n) is 19.7. The van der Waals surface area contributed by atoms with E-state index in [1.54, 1.807) is 0 Å². The van der Waals surface area contributed by atoms with Crippen LogP contribution in [0.1, 0.15) is 43.2 Å². The molecule has 2 aliphatic rings. The Bertz CT molecular complexity index is 1120. The van der Waals surface area contributed by atoms with Crippen LogP contribution in [0.15, 0.2) is 60.8 Å². The van der Waals surface area contributed by atoms with Crippen molar-refractivity contribution in [2.75, 3.05) is 26.3 Å². The SMILES string of the molecule is O=C(N1CCC[C@H](Cc2cnc3ccccc3c2)CC1)C1(Cc2ccc(F)cc2)CCOCC1. The molecule has 0 unspecified atom stereocenters. The van der Waals surface area contributed by atoms with E-state index in [1.807, 2.05) is 30.5 Å². The number of likely N-dealkylation sites (tertiary alicyclic amines) is 1. The van der Waals surface area contributed by atoms with E-state index in [1.165, 1.54) is 23.1 Å². The Balaban J connectivity index is 1.26. The first-order chi connectivity index (χ1) is 16.6. The minimum Gasteiger partial charge on any atom is -0.381 e. The van der Waals surface area contributed by atoms with Crippen LogP contribution in [0.2, 0.25) is 0 Å². The van der Waals surface area contributed by atoms with Crippen LogP contribution in [-0.4, -0.2) is 42.1 Å². The highest BCUT2D eigenvalue weighted by atomic mass is 19.1. The predicted octanol–water partition coefficient (Wildman–Crippen LogP) is 5.58. The van der Waals surface area contributed by atoms with Gasteiger partial charge in [-0.1, -0.05) is 30.3 Å². The molecule has 5 heteroatoms. The first kappa shape index (κ1) is 23.0. The van der Waals surface area contributed by atoms with Crippen LogP contribution in [-0.2, 0) is 22.4 Å². The molecule has 1 aromatic heterocycles. The number of aromatic nitrogens is 1. The lowest BCUT2D eigenvalue weighted by Gasteiger charge is -2.40. The standard InChI is InChI=1S/C29H33FN2O2/c30-26-9-7-23(8-10-26)20-29(12-16-34-17-13-29)28(33)32-14-3-4-22(11-15-32)18-24-19-25-5-1-2-6-27(25)31-21-24/h1-2,5-10,19,21-22H,3-4,11-18,20H2/t22-/m0/s1. The largest absolute Gasteiger partial charge is 0.381 e. The van der Waals surface area contributed by atoms with E-state index in [2.05, 4.69) is 28.1 Å². The van der Waals surface area contributed by atoms with Crippen molar-refractivity contribution >= 4 is 16.8 Å². The highest BCUT2D eigenvalue weighted by molar-refractivity contribution is 5.83. The van der Waals surface area contributed by atoms with Crippen molar-refractivity contribution in [3.63, 3.8) is 0 Å². The Labute approximate surface area is 201 Å². The lowest BCUT2D eigenvalue weighted by atomic mass is 9.74. The van der Waals surface area contributed by atoms with E-state index in [0.717, 1.165) is 62.7 Å². The van der Waals surface area contributed by atoms with Crippen molar-refractivity contribution in [1.82, 2.24) is 9.88 Å². The van der Waals surface area contributed by atoms with E-state index < -0.39 is 5.41 Å². The Morgan fingerprint density at radius 3 is 2.65 bits per heavy atom. The van der Waals surface area contributed by atoms with Crippen LogP contribution < -0.4 is 0 Å². The van der Waals surface area contributed by atoms with Gasteiger partial charge >= 0.3 is 0 Å². The molecule has 2 fully saturated rings. The molecule has 0 spiro atoms. The molecule has 5 rings (SSSR count). The summed E-state index contributed by atoms with van der Waals surface area (Å²) in [5.74, 6) is 0.577. The average Bonchev–Trinajstić information content (AvgIpc) is 3.11. The summed E-state index contributed by atoms with van der Waals surface area (Å²) in [4.78, 5) is 20.6. The van der Waals surface area contributed by atoms with Crippen molar-refractivity contribution in [3.05, 3.63) is 77.7 Å². The third-order valence-corrected chi connectivity index (χ3v) is 7.67. The van der Waals surface area contributed by atoms with Crippen molar-refractivity contribution in [3.8, 4) is 0 Å². The summed E-state index contributed by atoms with van der Waals surface area (Å²) < 4.78 is 19.0. The third kappa shape index (κ3) is 5.15. The van der Waals surface area contributed by atoms with Crippen LogP contribution in [0.4, 0.5) is 4.39 Å². The van der Waals surface area contributed by atoms with Crippen molar-refractivity contribution in [2.24, 2.45) is 11.3 Å². The monoisotopic (exact) mass is 460 g/mol. The Hall–Kier alpha value is -2.79. The second kappa shape index (κ2) is 10.2. The summed E-state index contributed by atoms with van der Waals surface area (Å²) >= 11 is 0. The lowest BCUT2D eigenvalue weighted by molar-refractivity contribution is -0.148. The number of ether oxygens (including phenoxy) is 1. The molecular weight excluding hydrogens is 427 g/mol. The molecule has 0 aliphatic carbocycles. The number of halogens is 1. The molecule has 0 saturated carbocycles. The van der Waals surface area contributed by atoms with Crippen LogP contribution in [0, 0.1) is 17.2 Å². The molecule has 1 atom stereocenters. The number of pyridine rings is 1. The maximum Gasteiger partial charge on any atom is 0.229 e. The quantitative estimate of drug-likeness (QED) is 0.499. The van der Waals surface area contributed by atoms with E-state index in [4.69, 9.17) is 4.74 Å².